The molecule has 4 aromatic rings. The third-order valence-electron chi connectivity index (χ3n) is 8.17. The van der Waals surface area contributed by atoms with Crippen molar-refractivity contribution in [3.05, 3.63) is 84.1 Å². The van der Waals surface area contributed by atoms with E-state index in [0.29, 0.717) is 43.2 Å². The zero-order valence-electron chi connectivity index (χ0n) is 24.6. The topological polar surface area (TPSA) is 168 Å². The van der Waals surface area contributed by atoms with E-state index >= 15 is 0 Å². The van der Waals surface area contributed by atoms with Crippen molar-refractivity contribution >= 4 is 46.7 Å². The SMILES string of the molecule is Cl.NCCNC(=O)c1ccc(-c2cccc(C[C@H](NC(=O)C3CCC(CN)CC3)C(=O)Nc3ccc4cn[nH]c4c3)c2)cc1. The Bertz CT molecular complexity index is 1570. The number of nitrogens with two attached hydrogens (primary N) is 2. The van der Waals surface area contributed by atoms with Crippen molar-refractivity contribution in [1.82, 2.24) is 20.8 Å². The van der Waals surface area contributed by atoms with Gasteiger partial charge in [0.15, 0.2) is 0 Å². The van der Waals surface area contributed by atoms with E-state index in [1.807, 2.05) is 54.6 Å². The summed E-state index contributed by atoms with van der Waals surface area (Å²) in [5.41, 5.74) is 16.1. The lowest BCUT2D eigenvalue weighted by Crippen LogP contribution is -2.48. The van der Waals surface area contributed by atoms with Gasteiger partial charge >= 0.3 is 0 Å². The number of carbonyl (C=O) groups is 3. The van der Waals surface area contributed by atoms with Crippen LogP contribution in [0.1, 0.15) is 41.6 Å². The second kappa shape index (κ2) is 15.5. The van der Waals surface area contributed by atoms with Gasteiger partial charge in [-0.3, -0.25) is 19.5 Å². The minimum Gasteiger partial charge on any atom is -0.351 e. The zero-order valence-corrected chi connectivity index (χ0v) is 25.4. The van der Waals surface area contributed by atoms with Crippen molar-refractivity contribution < 1.29 is 14.4 Å². The van der Waals surface area contributed by atoms with Crippen molar-refractivity contribution in [3.63, 3.8) is 0 Å². The molecule has 11 heteroatoms. The summed E-state index contributed by atoms with van der Waals surface area (Å²) < 4.78 is 0. The van der Waals surface area contributed by atoms with Crippen molar-refractivity contribution in [2.75, 3.05) is 25.0 Å². The Balaban J connectivity index is 0.00000442. The van der Waals surface area contributed by atoms with Crippen LogP contribution < -0.4 is 27.4 Å². The summed E-state index contributed by atoms with van der Waals surface area (Å²) in [6.07, 6.45) is 5.43. The number of benzene rings is 3. The number of rotatable bonds is 11. The molecule has 0 aliphatic heterocycles. The number of H-pyrrole nitrogens is 1. The Morgan fingerprint density at radius 3 is 2.43 bits per heavy atom. The fourth-order valence-electron chi connectivity index (χ4n) is 5.62. The van der Waals surface area contributed by atoms with E-state index in [2.05, 4.69) is 26.1 Å². The second-order valence-electron chi connectivity index (χ2n) is 11.2. The van der Waals surface area contributed by atoms with Gasteiger partial charge in [0, 0.05) is 42.1 Å². The Morgan fingerprint density at radius 2 is 1.70 bits per heavy atom. The largest absolute Gasteiger partial charge is 0.351 e. The molecule has 1 heterocycles. The minimum absolute atomic E-state index is 0. The first-order chi connectivity index (χ1) is 20.9. The average Bonchev–Trinajstić information content (AvgIpc) is 3.51. The predicted octanol–water partition coefficient (Wildman–Crippen LogP) is 3.77. The van der Waals surface area contributed by atoms with Gasteiger partial charge in [-0.05, 0) is 85.2 Å². The lowest BCUT2D eigenvalue weighted by Gasteiger charge is -2.28. The summed E-state index contributed by atoms with van der Waals surface area (Å²) in [6, 6.07) is 20.0. The quantitative estimate of drug-likeness (QED) is 0.150. The van der Waals surface area contributed by atoms with E-state index in [1.165, 1.54) is 0 Å². The third-order valence-corrected chi connectivity index (χ3v) is 8.17. The number of aromatic nitrogens is 2. The number of halogens is 1. The van der Waals surface area contributed by atoms with E-state index in [0.717, 1.165) is 53.3 Å². The van der Waals surface area contributed by atoms with Crippen molar-refractivity contribution in [2.24, 2.45) is 23.3 Å². The van der Waals surface area contributed by atoms with Gasteiger partial charge in [-0.1, -0.05) is 36.4 Å². The first-order valence-corrected chi connectivity index (χ1v) is 14.9. The van der Waals surface area contributed by atoms with Gasteiger partial charge in [-0.25, -0.2) is 0 Å². The highest BCUT2D eigenvalue weighted by Crippen LogP contribution is 2.29. The number of hydrogen-bond donors (Lipinski definition) is 6. The zero-order chi connectivity index (χ0) is 30.2. The van der Waals surface area contributed by atoms with E-state index in [1.54, 1.807) is 18.3 Å². The number of hydrogen-bond acceptors (Lipinski definition) is 6. The molecule has 0 radical (unpaired) electrons. The molecule has 3 aromatic carbocycles. The predicted molar refractivity (Wildman–Crippen MR) is 175 cm³/mol. The van der Waals surface area contributed by atoms with Gasteiger partial charge in [0.05, 0.1) is 11.7 Å². The van der Waals surface area contributed by atoms with Crippen molar-refractivity contribution in [3.8, 4) is 11.1 Å². The number of amides is 3. The Morgan fingerprint density at radius 1 is 0.932 bits per heavy atom. The monoisotopic (exact) mass is 617 g/mol. The highest BCUT2D eigenvalue weighted by Gasteiger charge is 2.29. The van der Waals surface area contributed by atoms with Gasteiger partial charge in [0.2, 0.25) is 11.8 Å². The lowest BCUT2D eigenvalue weighted by atomic mass is 9.81. The van der Waals surface area contributed by atoms with Crippen LogP contribution >= 0.6 is 12.4 Å². The standard InChI is InChI=1S/C33H39N7O3.ClH/c34-14-15-36-31(41)24-10-8-23(9-11-24)26-3-1-2-22(16-26)17-30(39-32(42)25-6-4-21(19-35)5-7-25)33(43)38-28-13-12-27-20-37-40-29(27)18-28;/h1-3,8-13,16,18,20-21,25,30H,4-7,14-15,17,19,34-35H2,(H,36,41)(H,37,40)(H,38,43)(H,39,42);1H/t21?,25?,30-;/m0./s1. The van der Waals surface area contributed by atoms with E-state index < -0.39 is 6.04 Å². The van der Waals surface area contributed by atoms with Crippen LogP contribution in [-0.4, -0.2) is 53.6 Å². The smallest absolute Gasteiger partial charge is 0.251 e. The molecule has 0 bridgehead atoms. The van der Waals surface area contributed by atoms with Crippen LogP contribution in [0.15, 0.2) is 72.9 Å². The molecule has 0 unspecified atom stereocenters. The average molecular weight is 618 g/mol. The Kier molecular flexibility index (Phi) is 11.5. The molecule has 1 atom stereocenters. The maximum atomic E-state index is 13.6. The highest BCUT2D eigenvalue weighted by molar-refractivity contribution is 5.99. The minimum atomic E-state index is -0.777. The molecule has 5 rings (SSSR count). The summed E-state index contributed by atoms with van der Waals surface area (Å²) >= 11 is 0. The first-order valence-electron chi connectivity index (χ1n) is 14.9. The summed E-state index contributed by atoms with van der Waals surface area (Å²) in [5, 5.41) is 16.7. The highest BCUT2D eigenvalue weighted by atomic mass is 35.5. The van der Waals surface area contributed by atoms with Gasteiger partial charge in [0.1, 0.15) is 6.04 Å². The fourth-order valence-corrected chi connectivity index (χ4v) is 5.62. The molecule has 1 aliphatic rings. The summed E-state index contributed by atoms with van der Waals surface area (Å²) in [4.78, 5) is 39.2. The Labute approximate surface area is 263 Å². The molecule has 3 amide bonds. The van der Waals surface area contributed by atoms with Crippen LogP contribution in [0.5, 0.6) is 0 Å². The van der Waals surface area contributed by atoms with Gasteiger partial charge in [-0.2, -0.15) is 5.10 Å². The van der Waals surface area contributed by atoms with E-state index in [-0.39, 0.29) is 36.0 Å². The van der Waals surface area contributed by atoms with Gasteiger partial charge in [-0.15, -0.1) is 12.4 Å². The second-order valence-corrected chi connectivity index (χ2v) is 11.2. The normalized spacial score (nSPS) is 16.9. The van der Waals surface area contributed by atoms with Crippen LogP contribution in [0.25, 0.3) is 22.0 Å². The number of anilines is 1. The van der Waals surface area contributed by atoms with Crippen molar-refractivity contribution in [1.29, 1.82) is 0 Å². The van der Waals surface area contributed by atoms with Crippen LogP contribution in [0.4, 0.5) is 5.69 Å². The molecule has 1 fully saturated rings. The number of nitrogens with one attached hydrogen (secondary N) is 4. The van der Waals surface area contributed by atoms with E-state index in [4.69, 9.17) is 11.5 Å². The molecule has 0 spiro atoms. The molecular formula is C33H40ClN7O3. The molecular weight excluding hydrogens is 578 g/mol. The van der Waals surface area contributed by atoms with Crippen molar-refractivity contribution in [2.45, 2.75) is 38.1 Å². The van der Waals surface area contributed by atoms with Crippen LogP contribution in [0, 0.1) is 11.8 Å². The maximum absolute atomic E-state index is 13.6. The molecule has 232 valence electrons. The van der Waals surface area contributed by atoms with Gasteiger partial charge in [0.25, 0.3) is 5.91 Å². The number of aromatic amines is 1. The van der Waals surface area contributed by atoms with Crippen LogP contribution in [0.3, 0.4) is 0 Å². The molecule has 8 N–H and O–H groups in total. The number of carbonyl (C=O) groups excluding carboxylic acids is 3. The third kappa shape index (κ3) is 8.22. The number of fused-ring (bicyclic) bond motifs is 1. The molecule has 44 heavy (non-hydrogen) atoms. The number of nitrogens with zero attached hydrogens (tertiary/aromatic N) is 1. The summed E-state index contributed by atoms with van der Waals surface area (Å²) in [6.45, 7) is 1.44. The summed E-state index contributed by atoms with van der Waals surface area (Å²) in [5.74, 6) is -0.233. The van der Waals surface area contributed by atoms with Crippen LogP contribution in [-0.2, 0) is 16.0 Å². The molecule has 1 aromatic heterocycles. The lowest BCUT2D eigenvalue weighted by molar-refractivity contribution is -0.130. The molecule has 1 aliphatic carbocycles. The molecule has 1 saturated carbocycles. The molecule has 10 nitrogen and oxygen atoms in total. The maximum Gasteiger partial charge on any atom is 0.251 e. The molecule has 0 saturated heterocycles. The van der Waals surface area contributed by atoms with E-state index in [9.17, 15) is 14.4 Å². The van der Waals surface area contributed by atoms with Gasteiger partial charge < -0.3 is 27.4 Å². The fraction of sp³-hybridized carbons (Fsp3) is 0.333. The first kappa shape index (κ1) is 32.7. The van der Waals surface area contributed by atoms with Crippen LogP contribution in [0.2, 0.25) is 0 Å². The summed E-state index contributed by atoms with van der Waals surface area (Å²) in [7, 11) is 0. The Hall–Kier alpha value is -4.25.